The van der Waals surface area contributed by atoms with E-state index in [1.54, 1.807) is 0 Å². The van der Waals surface area contributed by atoms with Crippen LogP contribution in [0.2, 0.25) is 0 Å². The highest BCUT2D eigenvalue weighted by atomic mass is 19.1. The number of hydrogen-bond donors (Lipinski definition) is 0. The summed E-state index contributed by atoms with van der Waals surface area (Å²) in [5.41, 5.74) is 0.348. The normalized spacial score (nSPS) is 13.3. The van der Waals surface area contributed by atoms with Gasteiger partial charge >= 0.3 is 12.0 Å². The molecule has 0 amide bonds. The van der Waals surface area contributed by atoms with Gasteiger partial charge in [-0.1, -0.05) is 12.1 Å². The van der Waals surface area contributed by atoms with E-state index in [1.807, 2.05) is 0 Å². The van der Waals surface area contributed by atoms with E-state index in [9.17, 15) is 24.1 Å². The van der Waals surface area contributed by atoms with Crippen LogP contribution in [0.3, 0.4) is 0 Å². The Morgan fingerprint density at radius 3 is 2.33 bits per heavy atom. The molecule has 0 fully saturated rings. The number of esters is 1. The van der Waals surface area contributed by atoms with Crippen LogP contribution in [0, 0.1) is 15.9 Å². The van der Waals surface area contributed by atoms with Crippen LogP contribution in [0.4, 0.5) is 4.39 Å². The molecule has 0 bridgehead atoms. The molecule has 0 radical (unpaired) electrons. The Bertz CT molecular complexity index is 529. The van der Waals surface area contributed by atoms with Gasteiger partial charge in [0.2, 0.25) is 0 Å². The van der Waals surface area contributed by atoms with E-state index < -0.39 is 28.7 Å². The summed E-state index contributed by atoms with van der Waals surface area (Å²) in [7, 11) is 0. The second kappa shape index (κ2) is 7.47. The first-order chi connectivity index (χ1) is 9.86. The lowest BCUT2D eigenvalue weighted by Gasteiger charge is -2.19. The van der Waals surface area contributed by atoms with Crippen molar-refractivity contribution in [2.24, 2.45) is 0 Å². The summed E-state index contributed by atoms with van der Waals surface area (Å²) in [5, 5.41) is 11.2. The fourth-order valence-electron chi connectivity index (χ4n) is 2.06. The molecule has 0 spiro atoms. The van der Waals surface area contributed by atoms with E-state index in [2.05, 4.69) is 0 Å². The maximum atomic E-state index is 13.0. The number of carbonyl (C=O) groups excluding carboxylic acids is 2. The first-order valence-electron chi connectivity index (χ1n) is 6.41. The lowest BCUT2D eigenvalue weighted by Crippen LogP contribution is -2.38. The van der Waals surface area contributed by atoms with Gasteiger partial charge in [0, 0.05) is 11.3 Å². The van der Waals surface area contributed by atoms with Gasteiger partial charge < -0.3 is 9.53 Å². The molecule has 0 aromatic heterocycles. The summed E-state index contributed by atoms with van der Waals surface area (Å²) >= 11 is 0. The Morgan fingerprint density at radius 2 is 1.90 bits per heavy atom. The molecule has 0 saturated heterocycles. The SMILES string of the molecule is CCOC(=O)C([C@H](CC(C)=O)c1ccc(F)cc1)[N+](=O)[O-]. The maximum Gasteiger partial charge on any atom is 0.382 e. The van der Waals surface area contributed by atoms with Gasteiger partial charge in [-0.2, -0.15) is 0 Å². The second-order valence-electron chi connectivity index (χ2n) is 4.55. The Morgan fingerprint density at radius 1 is 1.33 bits per heavy atom. The van der Waals surface area contributed by atoms with Crippen molar-refractivity contribution in [3.8, 4) is 0 Å². The van der Waals surface area contributed by atoms with E-state index in [0.29, 0.717) is 5.56 Å². The molecule has 0 N–H and O–H groups in total. The number of rotatable bonds is 7. The molecule has 1 aromatic rings. The highest BCUT2D eigenvalue weighted by Gasteiger charge is 2.41. The molecule has 1 unspecified atom stereocenters. The van der Waals surface area contributed by atoms with Crippen molar-refractivity contribution in [1.29, 1.82) is 0 Å². The number of ether oxygens (including phenoxy) is 1. The molecular weight excluding hydrogens is 281 g/mol. The van der Waals surface area contributed by atoms with Crippen LogP contribution in [0.5, 0.6) is 0 Å². The molecule has 2 atom stereocenters. The van der Waals surface area contributed by atoms with Gasteiger partial charge in [-0.3, -0.25) is 10.1 Å². The monoisotopic (exact) mass is 297 g/mol. The molecule has 0 aliphatic carbocycles. The van der Waals surface area contributed by atoms with Crippen LogP contribution in [0.25, 0.3) is 0 Å². The van der Waals surface area contributed by atoms with E-state index in [4.69, 9.17) is 4.74 Å². The Balaban J connectivity index is 3.19. The molecule has 0 saturated carbocycles. The average Bonchev–Trinajstić information content (AvgIpc) is 2.38. The molecule has 1 aromatic carbocycles. The number of hydrogen-bond acceptors (Lipinski definition) is 5. The molecular formula is C14H16FNO5. The zero-order chi connectivity index (χ0) is 16.0. The van der Waals surface area contributed by atoms with Gasteiger partial charge in [0.05, 0.1) is 12.5 Å². The molecule has 21 heavy (non-hydrogen) atoms. The molecule has 1 rings (SSSR count). The van der Waals surface area contributed by atoms with Crippen molar-refractivity contribution >= 4 is 11.8 Å². The van der Waals surface area contributed by atoms with Crippen molar-refractivity contribution in [2.75, 3.05) is 6.61 Å². The quantitative estimate of drug-likeness (QED) is 0.437. The molecule has 0 aliphatic rings. The van der Waals surface area contributed by atoms with Crippen LogP contribution in [0.1, 0.15) is 31.7 Å². The zero-order valence-electron chi connectivity index (χ0n) is 11.7. The summed E-state index contributed by atoms with van der Waals surface area (Å²) in [5.74, 6) is -2.80. The summed E-state index contributed by atoms with van der Waals surface area (Å²) in [4.78, 5) is 33.6. The number of Topliss-reactive ketones (excluding diaryl/α,β-unsaturated/α-hetero) is 1. The van der Waals surface area contributed by atoms with Gasteiger partial charge in [0.15, 0.2) is 0 Å². The highest BCUT2D eigenvalue weighted by Crippen LogP contribution is 2.27. The molecule has 6 nitrogen and oxygen atoms in total. The lowest BCUT2D eigenvalue weighted by atomic mass is 9.87. The molecule has 0 aliphatic heterocycles. The van der Waals surface area contributed by atoms with Crippen molar-refractivity contribution in [3.63, 3.8) is 0 Å². The Kier molecular flexibility index (Phi) is 5.95. The summed E-state index contributed by atoms with van der Waals surface area (Å²) in [6.45, 7) is 2.81. The highest BCUT2D eigenvalue weighted by molar-refractivity contribution is 5.80. The summed E-state index contributed by atoms with van der Waals surface area (Å²) < 4.78 is 17.7. The second-order valence-corrected chi connectivity index (χ2v) is 4.55. The number of nitro groups is 1. The van der Waals surface area contributed by atoms with Crippen LogP contribution in [-0.2, 0) is 14.3 Å². The number of halogens is 1. The predicted octanol–water partition coefficient (Wildman–Crippen LogP) is 2.10. The van der Waals surface area contributed by atoms with Gasteiger partial charge in [-0.05, 0) is 31.5 Å². The molecule has 0 heterocycles. The van der Waals surface area contributed by atoms with Gasteiger partial charge in [-0.25, -0.2) is 9.18 Å². The van der Waals surface area contributed by atoms with Crippen LogP contribution in [0.15, 0.2) is 24.3 Å². The smallest absolute Gasteiger partial charge is 0.382 e. The summed E-state index contributed by atoms with van der Waals surface area (Å²) in [6, 6.07) is 3.23. The van der Waals surface area contributed by atoms with Gasteiger partial charge in [-0.15, -0.1) is 0 Å². The van der Waals surface area contributed by atoms with Crippen LogP contribution < -0.4 is 0 Å². The van der Waals surface area contributed by atoms with Gasteiger partial charge in [0.25, 0.3) is 0 Å². The van der Waals surface area contributed by atoms with Crippen molar-refractivity contribution in [3.05, 3.63) is 45.8 Å². The van der Waals surface area contributed by atoms with E-state index in [-0.39, 0.29) is 18.8 Å². The molecule has 7 heteroatoms. The third kappa shape index (κ3) is 4.62. The largest absolute Gasteiger partial charge is 0.461 e. The minimum atomic E-state index is -1.70. The number of ketones is 1. The first kappa shape index (κ1) is 16.7. The fraction of sp³-hybridized carbons (Fsp3) is 0.429. The number of carbonyl (C=O) groups is 2. The van der Waals surface area contributed by atoms with E-state index in [1.165, 1.54) is 26.0 Å². The van der Waals surface area contributed by atoms with Crippen molar-refractivity contribution in [2.45, 2.75) is 32.2 Å². The minimum absolute atomic E-state index is 0.000613. The zero-order valence-corrected chi connectivity index (χ0v) is 11.7. The Labute approximate surface area is 121 Å². The minimum Gasteiger partial charge on any atom is -0.461 e. The van der Waals surface area contributed by atoms with Crippen molar-refractivity contribution in [1.82, 2.24) is 0 Å². The third-order valence-corrected chi connectivity index (χ3v) is 2.94. The van der Waals surface area contributed by atoms with E-state index >= 15 is 0 Å². The topological polar surface area (TPSA) is 86.5 Å². The average molecular weight is 297 g/mol. The standard InChI is InChI=1S/C14H16FNO5/c1-3-21-14(18)13(16(19)20)12(8-9(2)17)10-4-6-11(15)7-5-10/h4-7,12-13H,3,8H2,1-2H3/t12-,13?/m1/s1. The van der Waals surface area contributed by atoms with Crippen molar-refractivity contribution < 1.29 is 23.6 Å². The fourth-order valence-corrected chi connectivity index (χ4v) is 2.06. The lowest BCUT2D eigenvalue weighted by molar-refractivity contribution is -0.514. The summed E-state index contributed by atoms with van der Waals surface area (Å²) in [6.07, 6.45) is -0.198. The third-order valence-electron chi connectivity index (χ3n) is 2.94. The van der Waals surface area contributed by atoms with Crippen LogP contribution >= 0.6 is 0 Å². The van der Waals surface area contributed by atoms with E-state index in [0.717, 1.165) is 12.1 Å². The Hall–Kier alpha value is -2.31. The number of nitrogens with zero attached hydrogens (tertiary/aromatic N) is 1. The first-order valence-corrected chi connectivity index (χ1v) is 6.41. The van der Waals surface area contributed by atoms with Gasteiger partial charge in [0.1, 0.15) is 11.6 Å². The predicted molar refractivity (Wildman–Crippen MR) is 71.9 cm³/mol. The van der Waals surface area contributed by atoms with Crippen LogP contribution in [-0.4, -0.2) is 29.3 Å². The number of benzene rings is 1. The molecule has 114 valence electrons. The maximum absolute atomic E-state index is 13.0.